The molecule has 0 radical (unpaired) electrons. The molecule has 4 fully saturated rings. The van der Waals surface area contributed by atoms with Gasteiger partial charge in [-0.3, -0.25) is 14.0 Å². The van der Waals surface area contributed by atoms with E-state index in [1.807, 2.05) is 33.7 Å². The Morgan fingerprint density at radius 2 is 2.03 bits per heavy atom. The number of nitrogens with one attached hydrogen (secondary N) is 2. The van der Waals surface area contributed by atoms with E-state index < -0.39 is 0 Å². The number of fused-ring (bicyclic) bond motifs is 3. The first-order valence-electron chi connectivity index (χ1n) is 14.1. The monoisotopic (exact) mass is 509 g/mol. The van der Waals surface area contributed by atoms with Gasteiger partial charge in [-0.1, -0.05) is 19.9 Å². The first-order valence-corrected chi connectivity index (χ1v) is 14.1. The summed E-state index contributed by atoms with van der Waals surface area (Å²) in [5.41, 5.74) is 2.38. The van der Waals surface area contributed by atoms with E-state index in [0.717, 1.165) is 44.8 Å². The Morgan fingerprint density at radius 1 is 1.22 bits per heavy atom. The Morgan fingerprint density at radius 3 is 2.76 bits per heavy atom. The number of piperidine rings is 1. The molecular weight excluding hydrogens is 466 g/mol. The van der Waals surface area contributed by atoms with E-state index in [9.17, 15) is 9.59 Å². The standard InChI is InChI=1S/C29H43N5O3/c1-29(2)21-9-8-20(24(29)16-21)18-31-28(36)25-6-4-7-26-32-22(19-34(25)26)17-27(35)33(14-5-15-37-3)23-10-12-30-13-11-23/h4,6-7,19-21,23-24,30H,5,8-18H2,1-3H3,(H,31,36)/t20-,21+,24+/m0/s1. The molecule has 2 aromatic heterocycles. The van der Waals surface area contributed by atoms with E-state index in [2.05, 4.69) is 24.5 Å². The zero-order valence-electron chi connectivity index (χ0n) is 22.7. The molecule has 3 aliphatic carbocycles. The number of hydrogen-bond acceptors (Lipinski definition) is 5. The third-order valence-electron chi connectivity index (χ3n) is 9.45. The molecule has 37 heavy (non-hydrogen) atoms. The first kappa shape index (κ1) is 26.2. The van der Waals surface area contributed by atoms with Crippen molar-refractivity contribution in [1.29, 1.82) is 0 Å². The van der Waals surface area contributed by atoms with Crippen molar-refractivity contribution in [3.8, 4) is 0 Å². The van der Waals surface area contributed by atoms with Crippen molar-refractivity contribution < 1.29 is 14.3 Å². The van der Waals surface area contributed by atoms with E-state index in [1.54, 1.807) is 7.11 Å². The molecule has 1 saturated heterocycles. The van der Waals surface area contributed by atoms with Crippen LogP contribution in [-0.2, 0) is 16.0 Å². The number of imidazole rings is 1. The highest BCUT2D eigenvalue weighted by Gasteiger charge is 2.53. The molecule has 0 aromatic carbocycles. The van der Waals surface area contributed by atoms with E-state index in [4.69, 9.17) is 9.72 Å². The average Bonchev–Trinajstić information content (AvgIpc) is 3.32. The number of rotatable bonds is 10. The summed E-state index contributed by atoms with van der Waals surface area (Å²) in [7, 11) is 1.69. The van der Waals surface area contributed by atoms with Crippen LogP contribution >= 0.6 is 0 Å². The van der Waals surface area contributed by atoms with Crippen LogP contribution in [0.1, 0.15) is 68.6 Å². The summed E-state index contributed by atoms with van der Waals surface area (Å²) >= 11 is 0. The Bertz CT molecular complexity index is 1100. The Kier molecular flexibility index (Phi) is 7.86. The minimum atomic E-state index is -0.0731. The second kappa shape index (κ2) is 11.1. The van der Waals surface area contributed by atoms with Gasteiger partial charge >= 0.3 is 0 Å². The predicted octanol–water partition coefficient (Wildman–Crippen LogP) is 3.30. The molecule has 202 valence electrons. The Labute approximate surface area is 220 Å². The summed E-state index contributed by atoms with van der Waals surface area (Å²) in [5, 5.41) is 6.60. The molecule has 3 saturated carbocycles. The van der Waals surface area contributed by atoms with Crippen molar-refractivity contribution in [1.82, 2.24) is 24.9 Å². The Hall–Kier alpha value is -2.45. The number of carbonyl (C=O) groups is 2. The first-order chi connectivity index (χ1) is 17.9. The van der Waals surface area contributed by atoms with Crippen LogP contribution in [0, 0.1) is 23.2 Å². The SMILES string of the molecule is COCCCN(C(=O)Cc1cn2c(C(=O)NC[C@@H]3CC[C@@H]4C[C@H]3C4(C)C)cccc2n1)C1CCNCC1. The maximum atomic E-state index is 13.4. The molecule has 1 aliphatic heterocycles. The van der Waals surface area contributed by atoms with Gasteiger partial charge in [0.2, 0.25) is 5.91 Å². The van der Waals surface area contributed by atoms with Gasteiger partial charge in [0.05, 0.1) is 12.1 Å². The zero-order chi connectivity index (χ0) is 26.0. The summed E-state index contributed by atoms with van der Waals surface area (Å²) in [6.07, 6.45) is 8.64. The number of hydrogen-bond donors (Lipinski definition) is 2. The molecule has 3 heterocycles. The number of pyridine rings is 1. The molecule has 4 aliphatic rings. The van der Waals surface area contributed by atoms with E-state index in [-0.39, 0.29) is 24.3 Å². The molecule has 2 amide bonds. The summed E-state index contributed by atoms with van der Waals surface area (Å²) in [6.45, 7) is 8.70. The van der Waals surface area contributed by atoms with Crippen LogP contribution in [0.15, 0.2) is 24.4 Å². The number of nitrogens with zero attached hydrogens (tertiary/aromatic N) is 3. The number of aromatic nitrogens is 2. The van der Waals surface area contributed by atoms with Crippen molar-refractivity contribution in [3.63, 3.8) is 0 Å². The van der Waals surface area contributed by atoms with E-state index in [0.29, 0.717) is 47.4 Å². The number of carbonyl (C=O) groups excluding carboxylic acids is 2. The highest BCUT2D eigenvalue weighted by Crippen LogP contribution is 2.61. The molecule has 6 rings (SSSR count). The molecule has 2 N–H and O–H groups in total. The lowest BCUT2D eigenvalue weighted by Crippen LogP contribution is -2.54. The number of methoxy groups -OCH3 is 1. The van der Waals surface area contributed by atoms with Gasteiger partial charge < -0.3 is 20.3 Å². The summed E-state index contributed by atoms with van der Waals surface area (Å²) in [6, 6.07) is 5.85. The van der Waals surface area contributed by atoms with Crippen LogP contribution in [0.25, 0.3) is 5.65 Å². The van der Waals surface area contributed by atoms with Gasteiger partial charge in [0.15, 0.2) is 0 Å². The summed E-state index contributed by atoms with van der Waals surface area (Å²) in [4.78, 5) is 33.4. The minimum Gasteiger partial charge on any atom is -0.385 e. The number of ether oxygens (including phenoxy) is 1. The summed E-state index contributed by atoms with van der Waals surface area (Å²) < 4.78 is 7.06. The van der Waals surface area contributed by atoms with Gasteiger partial charge in [0.25, 0.3) is 5.91 Å². The normalized spacial score (nSPS) is 25.0. The van der Waals surface area contributed by atoms with Crippen LogP contribution in [0.5, 0.6) is 0 Å². The van der Waals surface area contributed by atoms with Crippen LogP contribution in [0.2, 0.25) is 0 Å². The van der Waals surface area contributed by atoms with Gasteiger partial charge in [-0.25, -0.2) is 4.98 Å². The average molecular weight is 510 g/mol. The number of amides is 2. The Balaban J connectivity index is 1.25. The molecule has 8 nitrogen and oxygen atoms in total. The fourth-order valence-corrected chi connectivity index (χ4v) is 7.12. The molecule has 0 spiro atoms. The third kappa shape index (κ3) is 5.41. The third-order valence-corrected chi connectivity index (χ3v) is 9.45. The molecule has 8 heteroatoms. The van der Waals surface area contributed by atoms with E-state index >= 15 is 0 Å². The van der Waals surface area contributed by atoms with Gasteiger partial charge in [0, 0.05) is 39.0 Å². The topological polar surface area (TPSA) is 88.0 Å². The molecule has 2 aromatic rings. The fourth-order valence-electron chi connectivity index (χ4n) is 7.12. The second-order valence-corrected chi connectivity index (χ2v) is 11.9. The van der Waals surface area contributed by atoms with Gasteiger partial charge in [-0.2, -0.15) is 0 Å². The maximum absolute atomic E-state index is 13.4. The predicted molar refractivity (Wildman–Crippen MR) is 143 cm³/mol. The van der Waals surface area contributed by atoms with Crippen molar-refractivity contribution >= 4 is 17.5 Å². The van der Waals surface area contributed by atoms with Gasteiger partial charge in [-0.15, -0.1) is 0 Å². The van der Waals surface area contributed by atoms with Crippen molar-refractivity contribution in [3.05, 3.63) is 35.8 Å². The highest BCUT2D eigenvalue weighted by molar-refractivity contribution is 5.93. The van der Waals surface area contributed by atoms with Crippen molar-refractivity contribution in [2.45, 2.75) is 64.8 Å². The largest absolute Gasteiger partial charge is 0.385 e. The zero-order valence-corrected chi connectivity index (χ0v) is 22.7. The molecular formula is C29H43N5O3. The molecule has 0 unspecified atom stereocenters. The lowest BCUT2D eigenvalue weighted by atomic mass is 9.45. The van der Waals surface area contributed by atoms with E-state index in [1.165, 1.54) is 19.3 Å². The van der Waals surface area contributed by atoms with Crippen LogP contribution in [-0.4, -0.2) is 72.0 Å². The van der Waals surface area contributed by atoms with Crippen molar-refractivity contribution in [2.24, 2.45) is 23.2 Å². The van der Waals surface area contributed by atoms with Crippen LogP contribution in [0.3, 0.4) is 0 Å². The lowest BCUT2D eigenvalue weighted by Gasteiger charge is -2.60. The van der Waals surface area contributed by atoms with Gasteiger partial charge in [0.1, 0.15) is 11.3 Å². The quantitative estimate of drug-likeness (QED) is 0.480. The fraction of sp³-hybridized carbons (Fsp3) is 0.690. The van der Waals surface area contributed by atoms with Crippen LogP contribution in [0.4, 0.5) is 0 Å². The summed E-state index contributed by atoms with van der Waals surface area (Å²) in [5.74, 6) is 2.14. The maximum Gasteiger partial charge on any atom is 0.268 e. The van der Waals surface area contributed by atoms with Crippen LogP contribution < -0.4 is 10.6 Å². The van der Waals surface area contributed by atoms with Gasteiger partial charge in [-0.05, 0) is 86.9 Å². The van der Waals surface area contributed by atoms with Crippen molar-refractivity contribution in [2.75, 3.05) is 39.9 Å². The lowest BCUT2D eigenvalue weighted by molar-refractivity contribution is -0.133. The molecule has 2 bridgehead atoms. The second-order valence-electron chi connectivity index (χ2n) is 11.9. The highest BCUT2D eigenvalue weighted by atomic mass is 16.5. The molecule has 3 atom stereocenters. The smallest absolute Gasteiger partial charge is 0.268 e. The minimum absolute atomic E-state index is 0.0731.